The van der Waals surface area contributed by atoms with Crippen LogP contribution in [0.2, 0.25) is 5.02 Å². The summed E-state index contributed by atoms with van der Waals surface area (Å²) in [6.07, 6.45) is 2.63. The molecule has 1 spiro atoms. The third-order valence-electron chi connectivity index (χ3n) is 5.93. The first-order chi connectivity index (χ1) is 13.0. The molecule has 0 amide bonds. The third-order valence-corrected chi connectivity index (χ3v) is 6.16. The van der Waals surface area contributed by atoms with Crippen LogP contribution in [0.25, 0.3) is 0 Å². The summed E-state index contributed by atoms with van der Waals surface area (Å²) in [4.78, 5) is 2.33. The Balaban J connectivity index is 1.58. The number of fused-ring (bicyclic) bond motifs is 4. The van der Waals surface area contributed by atoms with Crippen LogP contribution in [0.3, 0.4) is 0 Å². The molecule has 1 N–H and O–H groups in total. The highest BCUT2D eigenvalue weighted by molar-refractivity contribution is 6.30. The van der Waals surface area contributed by atoms with Crippen LogP contribution in [0.1, 0.15) is 36.4 Å². The lowest BCUT2D eigenvalue weighted by Crippen LogP contribution is -2.58. The molecule has 1 fully saturated rings. The zero-order valence-corrected chi connectivity index (χ0v) is 16.0. The average molecular weight is 384 g/mol. The van der Waals surface area contributed by atoms with E-state index in [-0.39, 0.29) is 11.8 Å². The van der Waals surface area contributed by atoms with E-state index in [9.17, 15) is 5.11 Å². The standard InChI is InChI=1S/C21H22ClN3O2/c1-24-10-8-21(9-11-24)25-19(17-12-15(22)4-7-20(17)27-21)13-18(23-25)14-2-5-16(26)6-3-14/h2-7,12,19,26H,8-11,13H2,1H3/t19-/m0/s1. The molecule has 1 saturated heterocycles. The number of likely N-dealkylation sites (tertiary alicyclic amines) is 1. The number of nitrogens with zero attached hydrogens (tertiary/aromatic N) is 3. The summed E-state index contributed by atoms with van der Waals surface area (Å²) in [6, 6.07) is 13.3. The number of hydrogen-bond acceptors (Lipinski definition) is 5. The summed E-state index contributed by atoms with van der Waals surface area (Å²) in [6.45, 7) is 1.96. The summed E-state index contributed by atoms with van der Waals surface area (Å²) in [7, 11) is 2.15. The molecule has 3 aliphatic rings. The van der Waals surface area contributed by atoms with Gasteiger partial charge in [0.05, 0.1) is 11.8 Å². The molecule has 0 radical (unpaired) electrons. The van der Waals surface area contributed by atoms with Crippen molar-refractivity contribution >= 4 is 17.3 Å². The second kappa shape index (κ2) is 6.14. The van der Waals surface area contributed by atoms with Crippen LogP contribution in [0, 0.1) is 0 Å². The third kappa shape index (κ3) is 2.77. The number of piperidine rings is 1. The Bertz CT molecular complexity index is 904. The van der Waals surface area contributed by atoms with Crippen LogP contribution < -0.4 is 4.74 Å². The Morgan fingerprint density at radius 3 is 2.63 bits per heavy atom. The summed E-state index contributed by atoms with van der Waals surface area (Å²) >= 11 is 6.29. The van der Waals surface area contributed by atoms with Gasteiger partial charge in [-0.15, -0.1) is 0 Å². The molecule has 3 heterocycles. The first-order valence-electron chi connectivity index (χ1n) is 9.37. The topological polar surface area (TPSA) is 48.3 Å². The van der Waals surface area contributed by atoms with Crippen LogP contribution in [0.15, 0.2) is 47.6 Å². The van der Waals surface area contributed by atoms with Crippen molar-refractivity contribution in [1.29, 1.82) is 0 Å². The maximum absolute atomic E-state index is 9.60. The number of phenolic OH excluding ortho intramolecular Hbond substituents is 1. The molecule has 6 heteroatoms. The normalized spacial score (nSPS) is 23.6. The van der Waals surface area contributed by atoms with E-state index in [0.29, 0.717) is 0 Å². The SMILES string of the molecule is CN1CCC2(CC1)Oc1ccc(Cl)cc1[C@@H]1CC(c3ccc(O)cc3)=NN12. The molecule has 0 unspecified atom stereocenters. The molecule has 2 aromatic rings. The number of benzene rings is 2. The quantitative estimate of drug-likeness (QED) is 0.808. The molecule has 5 rings (SSSR count). The second-order valence-electron chi connectivity index (χ2n) is 7.69. The Labute approximate surface area is 163 Å². The van der Waals surface area contributed by atoms with Crippen molar-refractivity contribution in [3.8, 4) is 11.5 Å². The number of halogens is 1. The summed E-state index contributed by atoms with van der Waals surface area (Å²) in [5, 5.41) is 17.5. The fourth-order valence-corrected chi connectivity index (χ4v) is 4.56. The highest BCUT2D eigenvalue weighted by Gasteiger charge is 2.51. The Hall–Kier alpha value is -2.24. The number of ether oxygens (including phenoxy) is 1. The molecule has 27 heavy (non-hydrogen) atoms. The van der Waals surface area contributed by atoms with Gasteiger partial charge in [0, 0.05) is 42.9 Å². The minimum atomic E-state index is -0.406. The van der Waals surface area contributed by atoms with Crippen LogP contribution in [-0.4, -0.2) is 46.6 Å². The highest BCUT2D eigenvalue weighted by atomic mass is 35.5. The van der Waals surface area contributed by atoms with Crippen molar-refractivity contribution in [2.45, 2.75) is 31.0 Å². The number of rotatable bonds is 1. The summed E-state index contributed by atoms with van der Waals surface area (Å²) in [5.41, 5.74) is 2.75. The number of hydrogen-bond donors (Lipinski definition) is 1. The van der Waals surface area contributed by atoms with Gasteiger partial charge in [0.25, 0.3) is 0 Å². The fourth-order valence-electron chi connectivity index (χ4n) is 4.38. The van der Waals surface area contributed by atoms with Gasteiger partial charge in [-0.1, -0.05) is 11.6 Å². The molecular formula is C21H22ClN3O2. The van der Waals surface area contributed by atoms with Crippen molar-refractivity contribution < 1.29 is 9.84 Å². The van der Waals surface area contributed by atoms with Gasteiger partial charge in [0.2, 0.25) is 5.72 Å². The number of phenols is 1. The zero-order valence-electron chi connectivity index (χ0n) is 15.2. The largest absolute Gasteiger partial charge is 0.508 e. The molecular weight excluding hydrogens is 362 g/mol. The lowest BCUT2D eigenvalue weighted by atomic mass is 9.91. The van der Waals surface area contributed by atoms with Crippen molar-refractivity contribution in [2.75, 3.05) is 20.1 Å². The maximum atomic E-state index is 9.60. The zero-order chi connectivity index (χ0) is 18.6. The van der Waals surface area contributed by atoms with Gasteiger partial charge in [-0.2, -0.15) is 5.10 Å². The number of hydrazone groups is 1. The Morgan fingerprint density at radius 1 is 1.15 bits per heavy atom. The van der Waals surface area contributed by atoms with E-state index in [1.54, 1.807) is 12.1 Å². The molecule has 3 aliphatic heterocycles. The van der Waals surface area contributed by atoms with Crippen LogP contribution >= 0.6 is 11.6 Å². The van der Waals surface area contributed by atoms with Crippen LogP contribution in [0.5, 0.6) is 11.5 Å². The van der Waals surface area contributed by atoms with Crippen LogP contribution in [0.4, 0.5) is 0 Å². The Kier molecular flexibility index (Phi) is 3.85. The lowest BCUT2D eigenvalue weighted by molar-refractivity contribution is -0.147. The van der Waals surface area contributed by atoms with Crippen molar-refractivity contribution in [3.05, 3.63) is 58.6 Å². The molecule has 5 nitrogen and oxygen atoms in total. The van der Waals surface area contributed by atoms with E-state index in [4.69, 9.17) is 21.4 Å². The monoisotopic (exact) mass is 383 g/mol. The summed E-state index contributed by atoms with van der Waals surface area (Å²) in [5.74, 6) is 1.19. The molecule has 0 saturated carbocycles. The minimum Gasteiger partial charge on any atom is -0.508 e. The predicted molar refractivity (Wildman–Crippen MR) is 105 cm³/mol. The first-order valence-corrected chi connectivity index (χ1v) is 9.75. The van der Waals surface area contributed by atoms with Crippen molar-refractivity contribution in [2.24, 2.45) is 5.10 Å². The molecule has 140 valence electrons. The van der Waals surface area contributed by atoms with E-state index >= 15 is 0 Å². The highest BCUT2D eigenvalue weighted by Crippen LogP contribution is 2.50. The first kappa shape index (κ1) is 16.9. The van der Waals surface area contributed by atoms with Gasteiger partial charge < -0.3 is 14.7 Å². The maximum Gasteiger partial charge on any atom is 0.200 e. The van der Waals surface area contributed by atoms with Gasteiger partial charge in [0.1, 0.15) is 11.5 Å². The minimum absolute atomic E-state index is 0.125. The predicted octanol–water partition coefficient (Wildman–Crippen LogP) is 4.01. The van der Waals surface area contributed by atoms with E-state index in [1.807, 2.05) is 30.3 Å². The van der Waals surface area contributed by atoms with Gasteiger partial charge in [0.15, 0.2) is 0 Å². The summed E-state index contributed by atoms with van der Waals surface area (Å²) < 4.78 is 6.57. The van der Waals surface area contributed by atoms with E-state index in [2.05, 4.69) is 17.0 Å². The van der Waals surface area contributed by atoms with E-state index in [0.717, 1.165) is 60.0 Å². The van der Waals surface area contributed by atoms with Gasteiger partial charge in [-0.05, 0) is 55.1 Å². The second-order valence-corrected chi connectivity index (χ2v) is 8.13. The van der Waals surface area contributed by atoms with Gasteiger partial charge in [-0.25, -0.2) is 5.01 Å². The van der Waals surface area contributed by atoms with Crippen molar-refractivity contribution in [1.82, 2.24) is 9.91 Å². The van der Waals surface area contributed by atoms with E-state index in [1.165, 1.54) is 0 Å². The molecule has 2 aromatic carbocycles. The smallest absolute Gasteiger partial charge is 0.200 e. The van der Waals surface area contributed by atoms with Crippen molar-refractivity contribution in [3.63, 3.8) is 0 Å². The Morgan fingerprint density at radius 2 is 1.89 bits per heavy atom. The van der Waals surface area contributed by atoms with Gasteiger partial charge in [-0.3, -0.25) is 0 Å². The lowest BCUT2D eigenvalue weighted by Gasteiger charge is -2.50. The van der Waals surface area contributed by atoms with Gasteiger partial charge >= 0.3 is 0 Å². The molecule has 0 aliphatic carbocycles. The van der Waals surface area contributed by atoms with Crippen LogP contribution in [-0.2, 0) is 0 Å². The fraction of sp³-hybridized carbons (Fsp3) is 0.381. The molecule has 1 atom stereocenters. The van der Waals surface area contributed by atoms with E-state index < -0.39 is 5.72 Å². The molecule has 0 aromatic heterocycles. The average Bonchev–Trinajstić information content (AvgIpc) is 3.12. The molecule has 0 bridgehead atoms. The number of aromatic hydroxyl groups is 1.